The van der Waals surface area contributed by atoms with E-state index in [2.05, 4.69) is 10.4 Å². The van der Waals surface area contributed by atoms with Crippen molar-refractivity contribution in [1.82, 2.24) is 9.78 Å². The van der Waals surface area contributed by atoms with Gasteiger partial charge < -0.3 is 10.6 Å². The molecule has 1 amide bonds. The molecule has 1 aromatic heterocycles. The molecule has 32 heavy (non-hydrogen) atoms. The van der Waals surface area contributed by atoms with E-state index in [4.69, 9.17) is 16.7 Å². The van der Waals surface area contributed by atoms with Crippen LogP contribution in [0.3, 0.4) is 0 Å². The van der Waals surface area contributed by atoms with Crippen LogP contribution in [0.5, 0.6) is 0 Å². The summed E-state index contributed by atoms with van der Waals surface area (Å²) < 4.78 is 63.2. The molecule has 0 bridgehead atoms. The van der Waals surface area contributed by atoms with Crippen molar-refractivity contribution in [3.63, 3.8) is 0 Å². The number of anilines is 2. The molecule has 0 aliphatic rings. The molecule has 0 fully saturated rings. The van der Waals surface area contributed by atoms with Gasteiger partial charge >= 0.3 is 0 Å². The maximum Gasteiger partial charge on any atom is 0.287 e. The van der Waals surface area contributed by atoms with Gasteiger partial charge in [-0.1, -0.05) is 29.8 Å². The van der Waals surface area contributed by atoms with Gasteiger partial charge in [-0.25, -0.2) is 31.4 Å². The number of nitrogens with one attached hydrogen (secondary N) is 2. The molecule has 1 heterocycles. The zero-order valence-electron chi connectivity index (χ0n) is 16.2. The molecule has 1 unspecified atom stereocenters. The smallest absolute Gasteiger partial charge is 0.287 e. The average molecular weight is 488 g/mol. The Morgan fingerprint density at radius 2 is 1.88 bits per heavy atom. The number of hydrogen-bond acceptors (Lipinski definition) is 5. The minimum Gasteiger partial charge on any atom is -0.349 e. The van der Waals surface area contributed by atoms with E-state index < -0.39 is 33.5 Å². The van der Waals surface area contributed by atoms with Crippen molar-refractivity contribution < 1.29 is 26.4 Å². The molecule has 3 aromatic rings. The summed E-state index contributed by atoms with van der Waals surface area (Å²) >= 11 is 6.04. The van der Waals surface area contributed by atoms with E-state index in [1.807, 2.05) is 5.32 Å². The zero-order valence-corrected chi connectivity index (χ0v) is 17.7. The van der Waals surface area contributed by atoms with Crippen LogP contribution in [0, 0.1) is 0 Å². The Hall–Kier alpha value is -3.09. The Labute approximate surface area is 186 Å². The van der Waals surface area contributed by atoms with Crippen LogP contribution in [0.25, 0.3) is 5.69 Å². The average Bonchev–Trinajstić information content (AvgIpc) is 3.17. The van der Waals surface area contributed by atoms with Crippen molar-refractivity contribution in [2.75, 3.05) is 10.6 Å². The van der Waals surface area contributed by atoms with Crippen molar-refractivity contribution in [3.05, 3.63) is 65.4 Å². The number of sulfonamides is 1. The molecule has 13 heteroatoms. The predicted molar refractivity (Wildman–Crippen MR) is 113 cm³/mol. The number of rotatable bonds is 8. The lowest BCUT2D eigenvalue weighted by Gasteiger charge is -2.12. The predicted octanol–water partition coefficient (Wildman–Crippen LogP) is 3.33. The highest BCUT2D eigenvalue weighted by Crippen LogP contribution is 2.25. The van der Waals surface area contributed by atoms with Gasteiger partial charge in [0, 0.05) is 10.7 Å². The van der Waals surface area contributed by atoms with E-state index in [0.717, 1.165) is 23.1 Å². The van der Waals surface area contributed by atoms with Crippen LogP contribution in [0.1, 0.15) is 5.56 Å². The molecule has 3 rings (SSSR count). The van der Waals surface area contributed by atoms with Crippen molar-refractivity contribution in [3.8, 4) is 5.69 Å². The Bertz CT molecular complexity index is 1240. The lowest BCUT2D eigenvalue weighted by Crippen LogP contribution is -2.21. The first-order valence-electron chi connectivity index (χ1n) is 8.98. The van der Waals surface area contributed by atoms with Crippen molar-refractivity contribution >= 4 is 38.9 Å². The lowest BCUT2D eigenvalue weighted by molar-refractivity contribution is -0.115. The van der Waals surface area contributed by atoms with Crippen molar-refractivity contribution in [2.24, 2.45) is 5.14 Å². The molecule has 1 atom stereocenters. The van der Waals surface area contributed by atoms with Gasteiger partial charge in [0.25, 0.3) is 6.43 Å². The summed E-state index contributed by atoms with van der Waals surface area (Å²) in [6.45, 7) is 0. The van der Waals surface area contributed by atoms with Gasteiger partial charge in [-0.15, -0.1) is 0 Å². The van der Waals surface area contributed by atoms with Gasteiger partial charge in [0.05, 0.1) is 30.2 Å². The third kappa shape index (κ3) is 5.78. The monoisotopic (exact) mass is 487 g/mol. The first-order valence-corrected chi connectivity index (χ1v) is 10.9. The minimum atomic E-state index is -4.28. The molecular formula is C19H17ClF3N5O3S. The number of nitrogens with two attached hydrogens (primary N) is 1. The first kappa shape index (κ1) is 23.6. The molecule has 8 nitrogen and oxygen atoms in total. The second kappa shape index (κ2) is 9.59. The Balaban J connectivity index is 1.85. The summed E-state index contributed by atoms with van der Waals surface area (Å²) in [4.78, 5) is 11.9. The maximum atomic E-state index is 13.2. The zero-order chi connectivity index (χ0) is 23.5. The van der Waals surface area contributed by atoms with Gasteiger partial charge in [0.1, 0.15) is 4.90 Å². The Morgan fingerprint density at radius 1 is 1.16 bits per heavy atom. The summed E-state index contributed by atoms with van der Waals surface area (Å²) in [6, 6.07) is 10.6. The number of halogens is 4. The third-order valence-corrected chi connectivity index (χ3v) is 5.52. The molecule has 2 aromatic carbocycles. The van der Waals surface area contributed by atoms with Gasteiger partial charge in [0.2, 0.25) is 22.2 Å². The third-order valence-electron chi connectivity index (χ3n) is 4.21. The van der Waals surface area contributed by atoms with Crippen LogP contribution in [-0.2, 0) is 21.2 Å². The number of amides is 1. The van der Waals surface area contributed by atoms with Crippen LogP contribution in [-0.4, -0.2) is 36.8 Å². The standard InChI is InChI=1S/C19H17ClF3N5O3S/c20-14-4-2-1-3-11(14)7-17(29)26-12-5-6-15(16(8-12)32(24,30)31)28-10-13(9-25-28)27-19(23)18(21)22/h1-6,8-10,18-19,27H,7H2,(H,26,29)(H2,24,30,31). The summed E-state index contributed by atoms with van der Waals surface area (Å²) in [6.07, 6.45) is -3.77. The van der Waals surface area contributed by atoms with Gasteiger partial charge in [-0.3, -0.25) is 4.79 Å². The number of primary sulfonamides is 1. The maximum absolute atomic E-state index is 13.2. The summed E-state index contributed by atoms with van der Waals surface area (Å²) in [5, 5.41) is 14.0. The van der Waals surface area contributed by atoms with Gasteiger partial charge in [0.15, 0.2) is 0 Å². The largest absolute Gasteiger partial charge is 0.349 e. The minimum absolute atomic E-state index is 0.0305. The quantitative estimate of drug-likeness (QED) is 0.421. The molecular weight excluding hydrogens is 471 g/mol. The number of carbonyl (C=O) groups is 1. The highest BCUT2D eigenvalue weighted by atomic mass is 35.5. The summed E-state index contributed by atoms with van der Waals surface area (Å²) in [5.74, 6) is -0.446. The van der Waals surface area contributed by atoms with Crippen LogP contribution < -0.4 is 15.8 Å². The first-order chi connectivity index (χ1) is 15.0. The molecule has 0 aliphatic heterocycles. The molecule has 0 radical (unpaired) electrons. The van der Waals surface area contributed by atoms with Crippen molar-refractivity contribution in [1.29, 1.82) is 0 Å². The fourth-order valence-electron chi connectivity index (χ4n) is 2.78. The molecule has 0 saturated heterocycles. The number of nitrogens with zero attached hydrogens (tertiary/aromatic N) is 2. The summed E-state index contributed by atoms with van der Waals surface area (Å²) in [7, 11) is -4.28. The van der Waals surface area contributed by atoms with E-state index >= 15 is 0 Å². The molecule has 0 spiro atoms. The van der Waals surface area contributed by atoms with Crippen LogP contribution >= 0.6 is 11.6 Å². The second-order valence-electron chi connectivity index (χ2n) is 6.60. The van der Waals surface area contributed by atoms with E-state index in [1.165, 1.54) is 12.1 Å². The fourth-order valence-corrected chi connectivity index (χ4v) is 3.73. The Kier molecular flexibility index (Phi) is 7.06. The highest BCUT2D eigenvalue weighted by molar-refractivity contribution is 7.89. The van der Waals surface area contributed by atoms with E-state index in [1.54, 1.807) is 24.3 Å². The number of hydrogen-bond donors (Lipinski definition) is 3. The van der Waals surface area contributed by atoms with Crippen LogP contribution in [0.15, 0.2) is 59.8 Å². The molecule has 4 N–H and O–H groups in total. The van der Waals surface area contributed by atoms with Gasteiger partial charge in [-0.05, 0) is 29.8 Å². The summed E-state index contributed by atoms with van der Waals surface area (Å²) in [5.41, 5.74) is 0.593. The number of aromatic nitrogens is 2. The number of alkyl halides is 3. The second-order valence-corrected chi connectivity index (χ2v) is 8.54. The SMILES string of the molecule is NS(=O)(=O)c1cc(NC(=O)Cc2ccccc2Cl)ccc1-n1cc(NC(F)C(F)F)cn1. The number of benzene rings is 2. The van der Waals surface area contributed by atoms with Crippen LogP contribution in [0.2, 0.25) is 5.02 Å². The molecule has 0 saturated carbocycles. The Morgan fingerprint density at radius 3 is 2.53 bits per heavy atom. The number of carbonyl (C=O) groups excluding carboxylic acids is 1. The normalized spacial score (nSPS) is 12.6. The van der Waals surface area contributed by atoms with E-state index in [9.17, 15) is 26.4 Å². The van der Waals surface area contributed by atoms with Crippen LogP contribution in [0.4, 0.5) is 24.5 Å². The topological polar surface area (TPSA) is 119 Å². The molecule has 170 valence electrons. The van der Waals surface area contributed by atoms with Crippen molar-refractivity contribution in [2.45, 2.75) is 24.0 Å². The highest BCUT2D eigenvalue weighted by Gasteiger charge is 2.21. The lowest BCUT2D eigenvalue weighted by atomic mass is 10.1. The van der Waals surface area contributed by atoms with E-state index in [0.29, 0.717) is 10.6 Å². The van der Waals surface area contributed by atoms with Gasteiger partial charge in [-0.2, -0.15) is 5.10 Å². The molecule has 0 aliphatic carbocycles. The van der Waals surface area contributed by atoms with E-state index in [-0.39, 0.29) is 23.5 Å². The fraction of sp³-hybridized carbons (Fsp3) is 0.158.